The molecule has 2 aromatic carbocycles. The number of benzene rings is 2. The van der Waals surface area contributed by atoms with Gasteiger partial charge in [-0.1, -0.05) is 31.2 Å². The minimum absolute atomic E-state index is 0.341. The predicted octanol–water partition coefficient (Wildman–Crippen LogP) is 3.80. The van der Waals surface area contributed by atoms with E-state index in [1.165, 1.54) is 5.56 Å². The number of nitrogens with one attached hydrogen (secondary N) is 2. The van der Waals surface area contributed by atoms with E-state index < -0.39 is 0 Å². The average molecular weight is 362 g/mol. The van der Waals surface area contributed by atoms with E-state index >= 15 is 0 Å². The fourth-order valence-corrected chi connectivity index (χ4v) is 2.59. The number of hydrogen-bond acceptors (Lipinski definition) is 4. The summed E-state index contributed by atoms with van der Waals surface area (Å²) in [6.07, 6.45) is 0.986. The van der Waals surface area contributed by atoms with Gasteiger partial charge in [-0.2, -0.15) is 10.2 Å². The monoisotopic (exact) mass is 362 g/mol. The zero-order chi connectivity index (χ0) is 19.2. The molecule has 1 amide bonds. The van der Waals surface area contributed by atoms with Gasteiger partial charge in [0.2, 0.25) is 0 Å². The Bertz CT molecular complexity index is 941. The van der Waals surface area contributed by atoms with Crippen LogP contribution in [-0.4, -0.2) is 28.9 Å². The Kier molecular flexibility index (Phi) is 5.66. The molecule has 6 heteroatoms. The van der Waals surface area contributed by atoms with Crippen LogP contribution >= 0.6 is 0 Å². The molecule has 3 aromatic rings. The lowest BCUT2D eigenvalue weighted by Gasteiger charge is -2.03. The Balaban J connectivity index is 1.67. The van der Waals surface area contributed by atoms with Crippen LogP contribution in [0.15, 0.2) is 59.7 Å². The Morgan fingerprint density at radius 1 is 1.15 bits per heavy atom. The van der Waals surface area contributed by atoms with Gasteiger partial charge in [-0.25, -0.2) is 5.43 Å². The van der Waals surface area contributed by atoms with Crippen molar-refractivity contribution in [1.29, 1.82) is 0 Å². The largest absolute Gasteiger partial charge is 0.497 e. The number of hydrogen-bond donors (Lipinski definition) is 2. The van der Waals surface area contributed by atoms with Gasteiger partial charge < -0.3 is 4.74 Å². The van der Waals surface area contributed by atoms with Crippen LogP contribution in [-0.2, 0) is 6.42 Å². The molecule has 0 aliphatic carbocycles. The number of amides is 1. The standard InChI is InChI=1S/C21H22N4O2/c1-4-15-5-7-17(8-6-15)19-13-20(24-23-19)21(26)25-22-14(2)16-9-11-18(27-3)12-10-16/h5-13H,4H2,1-3H3,(H,23,24)(H,25,26)/b22-14+. The molecule has 138 valence electrons. The molecule has 0 saturated carbocycles. The van der Waals surface area contributed by atoms with Gasteiger partial charge in [0, 0.05) is 5.56 Å². The molecule has 0 aliphatic heterocycles. The topological polar surface area (TPSA) is 79.4 Å². The maximum atomic E-state index is 12.3. The molecule has 0 unspecified atom stereocenters. The molecule has 0 bridgehead atoms. The SMILES string of the molecule is CCc1ccc(-c2cc(C(=O)N/N=C(\C)c3ccc(OC)cc3)[nH]n2)cc1. The quantitative estimate of drug-likeness (QED) is 0.517. The van der Waals surface area contributed by atoms with Crippen molar-refractivity contribution in [2.24, 2.45) is 5.10 Å². The number of aromatic nitrogens is 2. The number of aryl methyl sites for hydroxylation is 1. The Morgan fingerprint density at radius 2 is 1.85 bits per heavy atom. The third-order valence-corrected chi connectivity index (χ3v) is 4.31. The van der Waals surface area contributed by atoms with Gasteiger partial charge in [0.25, 0.3) is 5.91 Å². The maximum Gasteiger partial charge on any atom is 0.289 e. The number of hydrazone groups is 1. The molecule has 0 saturated heterocycles. The van der Waals surface area contributed by atoms with Crippen molar-refractivity contribution in [3.63, 3.8) is 0 Å². The number of H-pyrrole nitrogens is 1. The van der Waals surface area contributed by atoms with Gasteiger partial charge in [0.1, 0.15) is 11.4 Å². The first kappa shape index (κ1) is 18.4. The highest BCUT2D eigenvalue weighted by Gasteiger charge is 2.11. The maximum absolute atomic E-state index is 12.3. The summed E-state index contributed by atoms with van der Waals surface area (Å²) in [5, 5.41) is 11.1. The third-order valence-electron chi connectivity index (χ3n) is 4.31. The van der Waals surface area contributed by atoms with Crippen LogP contribution in [0.2, 0.25) is 0 Å². The molecule has 0 spiro atoms. The number of nitrogens with zero attached hydrogens (tertiary/aromatic N) is 2. The summed E-state index contributed by atoms with van der Waals surface area (Å²) in [5.41, 5.74) is 7.45. The van der Waals surface area contributed by atoms with Gasteiger partial charge in [0.15, 0.2) is 0 Å². The summed E-state index contributed by atoms with van der Waals surface area (Å²) in [6.45, 7) is 3.94. The molecule has 0 fully saturated rings. The molecular weight excluding hydrogens is 340 g/mol. The third kappa shape index (κ3) is 4.41. The number of aromatic amines is 1. The fraction of sp³-hybridized carbons (Fsp3) is 0.190. The lowest BCUT2D eigenvalue weighted by Crippen LogP contribution is -2.19. The molecule has 0 atom stereocenters. The van der Waals surface area contributed by atoms with Crippen LogP contribution in [0.4, 0.5) is 0 Å². The van der Waals surface area contributed by atoms with Crippen molar-refractivity contribution in [1.82, 2.24) is 15.6 Å². The van der Waals surface area contributed by atoms with Crippen LogP contribution in [0.25, 0.3) is 11.3 Å². The number of rotatable bonds is 6. The van der Waals surface area contributed by atoms with Crippen LogP contribution in [0.5, 0.6) is 5.75 Å². The number of carbonyl (C=O) groups is 1. The van der Waals surface area contributed by atoms with Crippen molar-refractivity contribution in [2.45, 2.75) is 20.3 Å². The molecule has 1 aromatic heterocycles. The first-order valence-corrected chi connectivity index (χ1v) is 8.74. The highest BCUT2D eigenvalue weighted by molar-refractivity contribution is 6.00. The minimum Gasteiger partial charge on any atom is -0.497 e. The van der Waals surface area contributed by atoms with Gasteiger partial charge in [-0.05, 0) is 54.8 Å². The zero-order valence-corrected chi connectivity index (χ0v) is 15.6. The molecule has 3 rings (SSSR count). The van der Waals surface area contributed by atoms with Crippen molar-refractivity contribution < 1.29 is 9.53 Å². The second-order valence-corrected chi connectivity index (χ2v) is 6.08. The summed E-state index contributed by atoms with van der Waals surface area (Å²) in [5.74, 6) is 0.430. The minimum atomic E-state index is -0.341. The van der Waals surface area contributed by atoms with Gasteiger partial charge in [0.05, 0.1) is 18.5 Å². The van der Waals surface area contributed by atoms with Crippen molar-refractivity contribution in [3.05, 3.63) is 71.4 Å². The number of carbonyl (C=O) groups excluding carboxylic acids is 1. The summed E-state index contributed by atoms with van der Waals surface area (Å²) in [6, 6.07) is 17.3. The molecule has 6 nitrogen and oxygen atoms in total. The van der Waals surface area contributed by atoms with E-state index in [0.717, 1.165) is 29.0 Å². The van der Waals surface area contributed by atoms with Gasteiger partial charge >= 0.3 is 0 Å². The van der Waals surface area contributed by atoms with E-state index in [1.807, 2.05) is 43.3 Å². The second-order valence-electron chi connectivity index (χ2n) is 6.08. The van der Waals surface area contributed by atoms with Crippen LogP contribution in [0.3, 0.4) is 0 Å². The molecular formula is C21H22N4O2. The van der Waals surface area contributed by atoms with Crippen molar-refractivity contribution in [3.8, 4) is 17.0 Å². The van der Waals surface area contributed by atoms with Gasteiger partial charge in [-0.3, -0.25) is 9.89 Å². The highest BCUT2D eigenvalue weighted by atomic mass is 16.5. The van der Waals surface area contributed by atoms with E-state index in [0.29, 0.717) is 11.4 Å². The molecule has 0 aliphatic rings. The summed E-state index contributed by atoms with van der Waals surface area (Å²) >= 11 is 0. The van der Waals surface area contributed by atoms with E-state index in [1.54, 1.807) is 13.2 Å². The number of methoxy groups -OCH3 is 1. The Morgan fingerprint density at radius 3 is 2.48 bits per heavy atom. The van der Waals surface area contributed by atoms with E-state index in [-0.39, 0.29) is 5.91 Å². The normalized spacial score (nSPS) is 11.3. The Labute approximate surface area is 158 Å². The Hall–Kier alpha value is -3.41. The summed E-state index contributed by atoms with van der Waals surface area (Å²) in [4.78, 5) is 12.3. The number of ether oxygens (including phenoxy) is 1. The fourth-order valence-electron chi connectivity index (χ4n) is 2.59. The van der Waals surface area contributed by atoms with E-state index in [4.69, 9.17) is 4.74 Å². The highest BCUT2D eigenvalue weighted by Crippen LogP contribution is 2.18. The molecule has 0 radical (unpaired) electrons. The lowest BCUT2D eigenvalue weighted by atomic mass is 10.1. The summed E-state index contributed by atoms with van der Waals surface area (Å²) < 4.78 is 5.14. The first-order chi connectivity index (χ1) is 13.1. The van der Waals surface area contributed by atoms with E-state index in [2.05, 4.69) is 39.8 Å². The summed E-state index contributed by atoms with van der Waals surface area (Å²) in [7, 11) is 1.62. The van der Waals surface area contributed by atoms with Crippen LogP contribution < -0.4 is 10.2 Å². The first-order valence-electron chi connectivity index (χ1n) is 8.74. The second kappa shape index (κ2) is 8.31. The zero-order valence-electron chi connectivity index (χ0n) is 15.6. The lowest BCUT2D eigenvalue weighted by molar-refractivity contribution is 0.0950. The van der Waals surface area contributed by atoms with E-state index in [9.17, 15) is 4.79 Å². The van der Waals surface area contributed by atoms with Crippen molar-refractivity contribution in [2.75, 3.05) is 7.11 Å². The van der Waals surface area contributed by atoms with Gasteiger partial charge in [-0.15, -0.1) is 0 Å². The van der Waals surface area contributed by atoms with Crippen molar-refractivity contribution >= 4 is 11.6 Å². The smallest absolute Gasteiger partial charge is 0.289 e. The molecule has 1 heterocycles. The van der Waals surface area contributed by atoms with Crippen LogP contribution in [0, 0.1) is 0 Å². The predicted molar refractivity (Wildman–Crippen MR) is 106 cm³/mol. The average Bonchev–Trinajstić information content (AvgIpc) is 3.22. The van der Waals surface area contributed by atoms with Crippen LogP contribution in [0.1, 0.15) is 35.5 Å². The molecule has 2 N–H and O–H groups in total. The molecule has 27 heavy (non-hydrogen) atoms.